The molecule has 0 radical (unpaired) electrons. The number of hydrogen-bond donors (Lipinski definition) is 3. The maximum absolute atomic E-state index is 12.9. The summed E-state index contributed by atoms with van der Waals surface area (Å²) >= 11 is 6.33. The molecule has 0 unspecified atom stereocenters. The van der Waals surface area contributed by atoms with E-state index in [0.717, 1.165) is 16.5 Å². The van der Waals surface area contributed by atoms with Gasteiger partial charge >= 0.3 is 6.09 Å². The molecule has 1 heterocycles. The highest BCUT2D eigenvalue weighted by Crippen LogP contribution is 2.36. The summed E-state index contributed by atoms with van der Waals surface area (Å²) in [6.45, 7) is 4.10. The molecule has 0 bridgehead atoms. The lowest BCUT2D eigenvalue weighted by molar-refractivity contribution is -0.123. The zero-order chi connectivity index (χ0) is 25.9. The van der Waals surface area contributed by atoms with Crippen LogP contribution in [0.1, 0.15) is 25.0 Å². The lowest BCUT2D eigenvalue weighted by atomic mass is 10.0. The molecular weight excluding hydrogens is 484 g/mol. The first kappa shape index (κ1) is 26.4. The number of amides is 2. The molecule has 0 fully saturated rings. The average Bonchev–Trinajstić information content (AvgIpc) is 3.26. The third-order valence-corrected chi connectivity index (χ3v) is 5.28. The number of terminal acetylenes is 1. The Labute approximate surface area is 214 Å². The number of carbonyl (C=O) groups excluding carboxylic acids is 2. The van der Waals surface area contributed by atoms with E-state index < -0.39 is 18.0 Å². The summed E-state index contributed by atoms with van der Waals surface area (Å²) in [5.74, 6) is 2.59. The molecule has 1 atom stereocenters. The number of nitrogens with one attached hydrogen (secondary N) is 3. The second kappa shape index (κ2) is 13.1. The SMILES string of the molecule is C#CCOc1c(Cl)cc(/C=N\NC(=O)[C@@H](Cc2c[nH]c3ccccc23)NC(=O)OCC)cc1OCC. The van der Waals surface area contributed by atoms with Gasteiger partial charge < -0.3 is 24.5 Å². The molecule has 2 amide bonds. The molecule has 0 aliphatic rings. The zero-order valence-corrected chi connectivity index (χ0v) is 20.7. The summed E-state index contributed by atoms with van der Waals surface area (Å²) in [6, 6.07) is 10.0. The highest BCUT2D eigenvalue weighted by Gasteiger charge is 2.23. The number of carbonyl (C=O) groups is 2. The Morgan fingerprint density at radius 2 is 2.03 bits per heavy atom. The minimum absolute atomic E-state index is 0.0363. The van der Waals surface area contributed by atoms with Crippen molar-refractivity contribution in [1.29, 1.82) is 0 Å². The molecule has 0 saturated heterocycles. The standard InChI is InChI=1S/C26H27ClN4O5/c1-4-11-36-24-20(27)12-17(13-23(24)34-5-2)15-29-31-25(32)22(30-26(33)35-6-3)14-18-16-28-21-10-8-7-9-19(18)21/h1,7-10,12-13,15-16,22,28H,5-6,11,14H2,2-3H3,(H,30,33)(H,31,32)/b29-15-/t22-/m1/s1. The van der Waals surface area contributed by atoms with Crippen LogP contribution in [-0.4, -0.2) is 49.1 Å². The first-order valence-electron chi connectivity index (χ1n) is 11.3. The van der Waals surface area contributed by atoms with Crippen molar-refractivity contribution in [3.63, 3.8) is 0 Å². The van der Waals surface area contributed by atoms with E-state index in [4.69, 9.17) is 32.2 Å². The van der Waals surface area contributed by atoms with Crippen LogP contribution in [0.3, 0.4) is 0 Å². The number of rotatable bonds is 11. The number of fused-ring (bicyclic) bond motifs is 1. The van der Waals surface area contributed by atoms with Gasteiger partial charge in [0.2, 0.25) is 0 Å². The molecule has 3 rings (SSSR count). The van der Waals surface area contributed by atoms with Crippen LogP contribution >= 0.6 is 11.6 Å². The Balaban J connectivity index is 1.76. The van der Waals surface area contributed by atoms with Crippen molar-refractivity contribution >= 4 is 40.7 Å². The van der Waals surface area contributed by atoms with E-state index >= 15 is 0 Å². The minimum Gasteiger partial charge on any atom is -0.490 e. The Morgan fingerprint density at radius 1 is 1.22 bits per heavy atom. The van der Waals surface area contributed by atoms with E-state index in [-0.39, 0.29) is 24.7 Å². The number of aromatic amines is 1. The van der Waals surface area contributed by atoms with Gasteiger partial charge in [-0.05, 0) is 43.2 Å². The molecule has 10 heteroatoms. The van der Waals surface area contributed by atoms with E-state index in [2.05, 4.69) is 26.7 Å². The third-order valence-electron chi connectivity index (χ3n) is 5.00. The Morgan fingerprint density at radius 3 is 2.78 bits per heavy atom. The fraction of sp³-hybridized carbons (Fsp3) is 0.269. The summed E-state index contributed by atoms with van der Waals surface area (Å²) in [6.07, 6.45) is 8.00. The van der Waals surface area contributed by atoms with Crippen molar-refractivity contribution in [2.75, 3.05) is 19.8 Å². The summed E-state index contributed by atoms with van der Waals surface area (Å²) in [7, 11) is 0. The minimum atomic E-state index is -0.928. The number of alkyl carbamates (subject to hydrolysis) is 1. The number of hydrogen-bond acceptors (Lipinski definition) is 6. The molecule has 0 aliphatic carbocycles. The molecule has 1 aromatic heterocycles. The largest absolute Gasteiger partial charge is 0.490 e. The molecule has 36 heavy (non-hydrogen) atoms. The van der Waals surface area contributed by atoms with Crippen LogP contribution in [0.5, 0.6) is 11.5 Å². The van der Waals surface area contributed by atoms with E-state index in [1.807, 2.05) is 37.4 Å². The highest BCUT2D eigenvalue weighted by atomic mass is 35.5. The van der Waals surface area contributed by atoms with Gasteiger partial charge in [0.15, 0.2) is 11.5 Å². The lowest BCUT2D eigenvalue weighted by Gasteiger charge is -2.16. The number of nitrogens with zero attached hydrogens (tertiary/aromatic N) is 1. The van der Waals surface area contributed by atoms with Crippen LogP contribution in [0.2, 0.25) is 5.02 Å². The van der Waals surface area contributed by atoms with Gasteiger partial charge in [0, 0.05) is 23.5 Å². The summed E-state index contributed by atoms with van der Waals surface area (Å²) in [4.78, 5) is 28.2. The second-order valence-electron chi connectivity index (χ2n) is 7.47. The van der Waals surface area contributed by atoms with Crippen molar-refractivity contribution in [3.05, 3.63) is 58.7 Å². The second-order valence-corrected chi connectivity index (χ2v) is 7.88. The summed E-state index contributed by atoms with van der Waals surface area (Å²) in [5.41, 5.74) is 4.82. The van der Waals surface area contributed by atoms with Crippen molar-refractivity contribution in [3.8, 4) is 23.8 Å². The van der Waals surface area contributed by atoms with Crippen LogP contribution in [0, 0.1) is 12.3 Å². The van der Waals surface area contributed by atoms with Crippen LogP contribution in [0.25, 0.3) is 10.9 Å². The molecule has 188 valence electrons. The normalized spacial score (nSPS) is 11.6. The average molecular weight is 511 g/mol. The van der Waals surface area contributed by atoms with Crippen molar-refractivity contribution in [2.45, 2.75) is 26.3 Å². The first-order chi connectivity index (χ1) is 17.5. The molecule has 3 N–H and O–H groups in total. The van der Waals surface area contributed by atoms with Crippen LogP contribution < -0.4 is 20.2 Å². The topological polar surface area (TPSA) is 114 Å². The summed E-state index contributed by atoms with van der Waals surface area (Å²) < 4.78 is 16.0. The van der Waals surface area contributed by atoms with E-state index in [1.54, 1.807) is 19.1 Å². The van der Waals surface area contributed by atoms with Gasteiger partial charge in [0.05, 0.1) is 24.5 Å². The van der Waals surface area contributed by atoms with E-state index in [9.17, 15) is 9.59 Å². The van der Waals surface area contributed by atoms with Crippen molar-refractivity contribution < 1.29 is 23.8 Å². The predicted octanol–water partition coefficient (Wildman–Crippen LogP) is 4.04. The van der Waals surface area contributed by atoms with Gasteiger partial charge in [-0.3, -0.25) is 4.79 Å². The Kier molecular flexibility index (Phi) is 9.60. The maximum Gasteiger partial charge on any atom is 0.407 e. The van der Waals surface area contributed by atoms with Gasteiger partial charge in [0.1, 0.15) is 12.6 Å². The van der Waals surface area contributed by atoms with Gasteiger partial charge in [-0.25, -0.2) is 10.2 Å². The van der Waals surface area contributed by atoms with E-state index in [1.165, 1.54) is 6.21 Å². The monoisotopic (exact) mass is 510 g/mol. The number of para-hydroxylation sites is 1. The molecule has 0 aliphatic heterocycles. The number of ether oxygens (including phenoxy) is 3. The number of hydrazone groups is 1. The number of aromatic nitrogens is 1. The van der Waals surface area contributed by atoms with Crippen LogP contribution in [0.4, 0.5) is 4.79 Å². The molecule has 9 nitrogen and oxygen atoms in total. The zero-order valence-electron chi connectivity index (χ0n) is 20.0. The molecule has 2 aromatic carbocycles. The fourth-order valence-corrected chi connectivity index (χ4v) is 3.75. The quantitative estimate of drug-likeness (QED) is 0.205. The highest BCUT2D eigenvalue weighted by molar-refractivity contribution is 6.32. The van der Waals surface area contributed by atoms with Crippen LogP contribution in [-0.2, 0) is 16.0 Å². The predicted molar refractivity (Wildman–Crippen MR) is 139 cm³/mol. The number of halogens is 1. The molecule has 3 aromatic rings. The first-order valence-corrected chi connectivity index (χ1v) is 11.7. The Hall–Kier alpha value is -4.16. The van der Waals surface area contributed by atoms with Gasteiger partial charge in [-0.2, -0.15) is 5.10 Å². The van der Waals surface area contributed by atoms with Crippen LogP contribution in [0.15, 0.2) is 47.7 Å². The Bertz CT molecular complexity index is 1280. The summed E-state index contributed by atoms with van der Waals surface area (Å²) in [5, 5.41) is 7.86. The maximum atomic E-state index is 12.9. The molecule has 0 spiro atoms. The molecular formula is C26H27ClN4O5. The third kappa shape index (κ3) is 6.93. The fourth-order valence-electron chi connectivity index (χ4n) is 3.47. The smallest absolute Gasteiger partial charge is 0.407 e. The van der Waals surface area contributed by atoms with Gasteiger partial charge in [-0.15, -0.1) is 6.42 Å². The number of H-pyrrole nitrogens is 1. The lowest BCUT2D eigenvalue weighted by Crippen LogP contribution is -2.47. The van der Waals surface area contributed by atoms with Gasteiger partial charge in [-0.1, -0.05) is 35.7 Å². The van der Waals surface area contributed by atoms with Gasteiger partial charge in [0.25, 0.3) is 5.91 Å². The van der Waals surface area contributed by atoms with Crippen molar-refractivity contribution in [2.24, 2.45) is 5.10 Å². The van der Waals surface area contributed by atoms with Crippen molar-refractivity contribution in [1.82, 2.24) is 15.7 Å². The molecule has 0 saturated carbocycles. The number of benzene rings is 2. The van der Waals surface area contributed by atoms with E-state index in [0.29, 0.717) is 23.7 Å².